The highest BCUT2D eigenvalue weighted by Gasteiger charge is 2.30. The Morgan fingerprint density at radius 2 is 2.06 bits per heavy atom. The van der Waals surface area contributed by atoms with Gasteiger partial charge in [-0.2, -0.15) is 0 Å². The van der Waals surface area contributed by atoms with E-state index in [-0.39, 0.29) is 12.0 Å². The summed E-state index contributed by atoms with van der Waals surface area (Å²) in [6.45, 7) is 11.2. The Kier molecular flexibility index (Phi) is 4.18. The fraction of sp³-hybridized carbons (Fsp3) is 0.769. The maximum absolute atomic E-state index is 12.1. The Bertz CT molecular complexity index is 290. The summed E-state index contributed by atoms with van der Waals surface area (Å²) in [4.78, 5) is 16.4. The van der Waals surface area contributed by atoms with Gasteiger partial charge in [-0.25, -0.2) is 0 Å². The number of hydrogen-bond acceptors (Lipinski definition) is 3. The lowest BCUT2D eigenvalue weighted by atomic mass is 10.2. The van der Waals surface area contributed by atoms with Crippen molar-refractivity contribution >= 4 is 5.91 Å². The normalized spacial score (nSPS) is 26.2. The molecule has 2 fully saturated rings. The molecular formula is C13H22N2O2. The van der Waals surface area contributed by atoms with Crippen molar-refractivity contribution in [2.75, 3.05) is 39.3 Å². The largest absolute Gasteiger partial charge is 0.368 e. The molecule has 1 atom stereocenters. The molecule has 4 heteroatoms. The molecule has 4 nitrogen and oxygen atoms in total. The van der Waals surface area contributed by atoms with Gasteiger partial charge in [0.2, 0.25) is 0 Å². The van der Waals surface area contributed by atoms with Gasteiger partial charge in [0.05, 0.1) is 0 Å². The predicted molar refractivity (Wildman–Crippen MR) is 66.8 cm³/mol. The molecule has 2 aliphatic heterocycles. The fourth-order valence-corrected chi connectivity index (χ4v) is 2.48. The molecule has 2 rings (SSSR count). The molecule has 0 radical (unpaired) electrons. The van der Waals surface area contributed by atoms with Crippen LogP contribution >= 0.6 is 0 Å². The highest BCUT2D eigenvalue weighted by Crippen LogP contribution is 2.16. The molecule has 0 aromatic carbocycles. The molecule has 2 heterocycles. The van der Waals surface area contributed by atoms with Crippen LogP contribution in [0.2, 0.25) is 0 Å². The summed E-state index contributed by atoms with van der Waals surface area (Å²) in [6, 6.07) is 0. The summed E-state index contributed by atoms with van der Waals surface area (Å²) in [7, 11) is 0. The number of piperazine rings is 1. The highest BCUT2D eigenvalue weighted by molar-refractivity contribution is 5.81. The van der Waals surface area contributed by atoms with Crippen molar-refractivity contribution in [1.82, 2.24) is 9.80 Å². The Morgan fingerprint density at radius 3 is 2.59 bits per heavy atom. The van der Waals surface area contributed by atoms with E-state index >= 15 is 0 Å². The Balaban J connectivity index is 1.78. The molecular weight excluding hydrogens is 216 g/mol. The van der Waals surface area contributed by atoms with Gasteiger partial charge in [-0.05, 0) is 19.8 Å². The molecule has 0 bridgehead atoms. The second kappa shape index (κ2) is 5.65. The summed E-state index contributed by atoms with van der Waals surface area (Å²) >= 11 is 0. The van der Waals surface area contributed by atoms with Crippen molar-refractivity contribution in [3.05, 3.63) is 12.2 Å². The van der Waals surface area contributed by atoms with Gasteiger partial charge in [-0.1, -0.05) is 12.2 Å². The zero-order valence-corrected chi connectivity index (χ0v) is 10.7. The van der Waals surface area contributed by atoms with Gasteiger partial charge >= 0.3 is 0 Å². The van der Waals surface area contributed by atoms with Crippen molar-refractivity contribution in [3.8, 4) is 0 Å². The quantitative estimate of drug-likeness (QED) is 0.684. The maximum atomic E-state index is 12.1. The monoisotopic (exact) mass is 238 g/mol. The van der Waals surface area contributed by atoms with Gasteiger partial charge in [0.1, 0.15) is 6.10 Å². The third-order valence-electron chi connectivity index (χ3n) is 3.38. The average Bonchev–Trinajstić information content (AvgIpc) is 2.82. The Hall–Kier alpha value is -0.870. The number of amides is 1. The molecule has 0 spiro atoms. The molecule has 0 aromatic rings. The van der Waals surface area contributed by atoms with E-state index in [2.05, 4.69) is 11.5 Å². The summed E-state index contributed by atoms with van der Waals surface area (Å²) in [6.07, 6.45) is 1.75. The predicted octanol–water partition coefficient (Wildman–Crippen LogP) is 0.886. The lowest BCUT2D eigenvalue weighted by molar-refractivity contribution is -0.142. The van der Waals surface area contributed by atoms with Crippen LogP contribution in [0.25, 0.3) is 0 Å². The van der Waals surface area contributed by atoms with E-state index in [1.165, 1.54) is 5.57 Å². The van der Waals surface area contributed by atoms with Gasteiger partial charge < -0.3 is 9.64 Å². The first-order chi connectivity index (χ1) is 8.16. The van der Waals surface area contributed by atoms with Crippen LogP contribution in [0.3, 0.4) is 0 Å². The number of carbonyl (C=O) groups excluding carboxylic acids is 1. The van der Waals surface area contributed by atoms with E-state index in [1.54, 1.807) is 0 Å². The molecule has 0 N–H and O–H groups in total. The minimum Gasteiger partial charge on any atom is -0.368 e. The van der Waals surface area contributed by atoms with Crippen LogP contribution < -0.4 is 0 Å². The SMILES string of the molecule is C=C(C)CN1CCN(C(=O)C2CCCO2)CC1. The lowest BCUT2D eigenvalue weighted by Crippen LogP contribution is -2.51. The third kappa shape index (κ3) is 3.30. The first-order valence-electron chi connectivity index (χ1n) is 6.44. The van der Waals surface area contributed by atoms with Crippen LogP contribution in [0.5, 0.6) is 0 Å². The van der Waals surface area contributed by atoms with Crippen LogP contribution in [0.15, 0.2) is 12.2 Å². The number of carbonyl (C=O) groups is 1. The standard InChI is InChI=1S/C13H22N2O2/c1-11(2)10-14-5-7-15(8-6-14)13(16)12-4-3-9-17-12/h12H,1,3-10H2,2H3. The van der Waals surface area contributed by atoms with Gasteiger partial charge in [0.25, 0.3) is 5.91 Å². The van der Waals surface area contributed by atoms with Gasteiger partial charge in [-0.15, -0.1) is 0 Å². The van der Waals surface area contributed by atoms with Gasteiger partial charge in [0, 0.05) is 39.3 Å². The second-order valence-electron chi connectivity index (χ2n) is 5.06. The van der Waals surface area contributed by atoms with Crippen molar-refractivity contribution in [2.24, 2.45) is 0 Å². The number of nitrogens with zero attached hydrogens (tertiary/aromatic N) is 2. The first kappa shape index (κ1) is 12.6. The minimum absolute atomic E-state index is 0.164. The summed E-state index contributed by atoms with van der Waals surface area (Å²) in [5.74, 6) is 0.192. The van der Waals surface area contributed by atoms with Crippen LogP contribution in [0.4, 0.5) is 0 Å². The molecule has 1 amide bonds. The smallest absolute Gasteiger partial charge is 0.251 e. The topological polar surface area (TPSA) is 32.8 Å². The molecule has 0 saturated carbocycles. The zero-order chi connectivity index (χ0) is 12.3. The maximum Gasteiger partial charge on any atom is 0.251 e. The van der Waals surface area contributed by atoms with Crippen LogP contribution in [-0.2, 0) is 9.53 Å². The summed E-state index contributed by atoms with van der Waals surface area (Å²) < 4.78 is 5.44. The average molecular weight is 238 g/mol. The molecule has 1 unspecified atom stereocenters. The molecule has 2 saturated heterocycles. The van der Waals surface area contributed by atoms with Crippen LogP contribution in [0.1, 0.15) is 19.8 Å². The van der Waals surface area contributed by atoms with Crippen molar-refractivity contribution in [2.45, 2.75) is 25.9 Å². The number of hydrogen-bond donors (Lipinski definition) is 0. The van der Waals surface area contributed by atoms with E-state index in [4.69, 9.17) is 4.74 Å². The lowest BCUT2D eigenvalue weighted by Gasteiger charge is -2.35. The number of rotatable bonds is 3. The Labute approximate surface area is 103 Å². The van der Waals surface area contributed by atoms with Crippen molar-refractivity contribution in [3.63, 3.8) is 0 Å². The highest BCUT2D eigenvalue weighted by atomic mass is 16.5. The van der Waals surface area contributed by atoms with Crippen molar-refractivity contribution in [1.29, 1.82) is 0 Å². The summed E-state index contributed by atoms with van der Waals surface area (Å²) in [5, 5.41) is 0. The first-order valence-corrected chi connectivity index (χ1v) is 6.44. The molecule has 17 heavy (non-hydrogen) atoms. The molecule has 2 aliphatic rings. The van der Waals surface area contributed by atoms with Gasteiger partial charge in [0.15, 0.2) is 0 Å². The van der Waals surface area contributed by atoms with E-state index in [9.17, 15) is 4.79 Å². The zero-order valence-electron chi connectivity index (χ0n) is 10.7. The van der Waals surface area contributed by atoms with E-state index in [1.807, 2.05) is 11.8 Å². The molecule has 0 aliphatic carbocycles. The minimum atomic E-state index is -0.164. The second-order valence-corrected chi connectivity index (χ2v) is 5.06. The van der Waals surface area contributed by atoms with Crippen LogP contribution in [-0.4, -0.2) is 61.1 Å². The molecule has 96 valence electrons. The van der Waals surface area contributed by atoms with E-state index < -0.39 is 0 Å². The third-order valence-corrected chi connectivity index (χ3v) is 3.38. The van der Waals surface area contributed by atoms with Gasteiger partial charge in [-0.3, -0.25) is 9.69 Å². The fourth-order valence-electron chi connectivity index (χ4n) is 2.48. The van der Waals surface area contributed by atoms with Crippen LogP contribution in [0, 0.1) is 0 Å². The van der Waals surface area contributed by atoms with E-state index in [0.29, 0.717) is 0 Å². The Morgan fingerprint density at radius 1 is 1.35 bits per heavy atom. The van der Waals surface area contributed by atoms with Crippen molar-refractivity contribution < 1.29 is 9.53 Å². The molecule has 0 aromatic heterocycles. The number of ether oxygens (including phenoxy) is 1. The van der Waals surface area contributed by atoms with E-state index in [0.717, 1.165) is 52.2 Å². The summed E-state index contributed by atoms with van der Waals surface area (Å²) in [5.41, 5.74) is 1.18.